The van der Waals surface area contributed by atoms with Crippen molar-refractivity contribution >= 4 is 32.0 Å². The molecule has 0 fully saturated rings. The molecule has 170 valence electrons. The monoisotopic (exact) mass is 533 g/mol. The summed E-state index contributed by atoms with van der Waals surface area (Å²) in [5.74, 6) is -1.58. The second kappa shape index (κ2) is 11.2. The van der Waals surface area contributed by atoms with Crippen LogP contribution in [0.5, 0.6) is 11.9 Å². The molecule has 12 heteroatoms. The Labute approximate surface area is 210 Å². The van der Waals surface area contributed by atoms with Gasteiger partial charge >= 0.3 is 6.01 Å². The number of hydrogen-bond donors (Lipinski definition) is 2. The Morgan fingerprint density at radius 3 is 2.47 bits per heavy atom. The topological polar surface area (TPSA) is 128 Å². The van der Waals surface area contributed by atoms with Crippen molar-refractivity contribution in [2.45, 2.75) is 20.2 Å². The summed E-state index contributed by atoms with van der Waals surface area (Å²) in [6.45, 7) is -7.86. The lowest BCUT2D eigenvalue weighted by Crippen LogP contribution is -2.31. The van der Waals surface area contributed by atoms with Gasteiger partial charge in [-0.25, -0.2) is 19.9 Å². The first-order valence-corrected chi connectivity index (χ1v) is 10.9. The lowest BCUT2D eigenvalue weighted by Gasteiger charge is -2.15. The van der Waals surface area contributed by atoms with Gasteiger partial charge < -0.3 is 9.47 Å². The highest BCUT2D eigenvalue weighted by Crippen LogP contribution is 2.34. The molecular weight excluding hydrogens is 500 g/mol. The second-order valence-electron chi connectivity index (χ2n) is 5.70. The molecule has 0 saturated carbocycles. The van der Waals surface area contributed by atoms with E-state index in [2.05, 4.69) is 35.9 Å². The molecule has 0 amide bonds. The Bertz CT molecular complexity index is 1600. The highest BCUT2D eigenvalue weighted by Gasteiger charge is 2.19. The fourth-order valence-corrected chi connectivity index (χ4v) is 3.08. The number of anilines is 1. The Kier molecular flexibility index (Phi) is 4.54. The van der Waals surface area contributed by atoms with Gasteiger partial charge in [0.05, 0.1) is 13.8 Å². The highest BCUT2D eigenvalue weighted by atomic mass is 79.9. The van der Waals surface area contributed by atoms with Crippen LogP contribution in [0, 0.1) is 6.92 Å². The second-order valence-corrected chi connectivity index (χ2v) is 8.04. The molecule has 0 aliphatic carbocycles. The van der Waals surface area contributed by atoms with E-state index < -0.39 is 78.1 Å². The van der Waals surface area contributed by atoms with Crippen molar-refractivity contribution in [1.82, 2.24) is 24.7 Å². The predicted octanol–water partition coefficient (Wildman–Crippen LogP) is 3.12. The average Bonchev–Trinajstić information content (AvgIpc) is 2.81. The van der Waals surface area contributed by atoms with Gasteiger partial charge in [0.25, 0.3) is 10.2 Å². The average molecular weight is 534 g/mol. The molecule has 32 heavy (non-hydrogen) atoms. The summed E-state index contributed by atoms with van der Waals surface area (Å²) in [7, 11) is -4.97. The first-order valence-electron chi connectivity index (χ1n) is 14.1. The summed E-state index contributed by atoms with van der Waals surface area (Å²) >= 11 is 3.23. The van der Waals surface area contributed by atoms with Crippen LogP contribution < -0.4 is 18.9 Å². The lowest BCUT2D eigenvalue weighted by molar-refractivity contribution is 0.202. The largest absolute Gasteiger partial charge is 0.473 e. The van der Waals surface area contributed by atoms with E-state index in [0.29, 0.717) is 4.47 Å². The molecule has 2 aromatic heterocycles. The van der Waals surface area contributed by atoms with Crippen molar-refractivity contribution in [2.24, 2.45) is 0 Å². The zero-order valence-corrected chi connectivity index (χ0v) is 18.9. The maximum absolute atomic E-state index is 12.9. The molecule has 0 atom stereocenters. The fourth-order valence-electron chi connectivity index (χ4n) is 2.12. The van der Waals surface area contributed by atoms with Crippen LogP contribution >= 0.6 is 15.9 Å². The molecule has 3 aromatic rings. The smallest absolute Gasteiger partial charge is 0.316 e. The number of nitrogens with one attached hydrogen (secondary N) is 2. The van der Waals surface area contributed by atoms with Gasteiger partial charge in [-0.1, -0.05) is 35.0 Å². The summed E-state index contributed by atoms with van der Waals surface area (Å²) < 4.78 is 127. The molecule has 0 radical (unpaired) electrons. The molecule has 10 nitrogen and oxygen atoms in total. The summed E-state index contributed by atoms with van der Waals surface area (Å²) in [4.78, 5) is 14.6. The van der Waals surface area contributed by atoms with E-state index in [0.717, 1.165) is 6.92 Å². The highest BCUT2D eigenvalue weighted by molar-refractivity contribution is 9.10. The van der Waals surface area contributed by atoms with Gasteiger partial charge in [0.2, 0.25) is 5.88 Å². The first-order chi connectivity index (χ1) is 19.4. The first kappa shape index (κ1) is 13.0. The summed E-state index contributed by atoms with van der Waals surface area (Å²) in [6.07, 6.45) is -4.55. The van der Waals surface area contributed by atoms with Gasteiger partial charge in [0.1, 0.15) is 20.8 Å². The van der Waals surface area contributed by atoms with Crippen LogP contribution in [-0.4, -0.2) is 48.0 Å². The van der Waals surface area contributed by atoms with Crippen LogP contribution in [0.15, 0.2) is 47.4 Å². The number of aromatic nitrogens is 4. The van der Waals surface area contributed by atoms with Crippen molar-refractivity contribution in [2.75, 3.05) is 24.3 Å². The van der Waals surface area contributed by atoms with Gasteiger partial charge in [-0.3, -0.25) is 4.72 Å². The van der Waals surface area contributed by atoms with Gasteiger partial charge in [-0.2, -0.15) is 13.1 Å². The van der Waals surface area contributed by atoms with E-state index in [1.807, 2.05) is 4.72 Å². The molecule has 0 aliphatic heterocycles. The quantitative estimate of drug-likeness (QED) is 0.384. The fraction of sp³-hybridized carbons (Fsp3) is 0.300. The normalized spacial score (nSPS) is 18.0. The van der Waals surface area contributed by atoms with Crippen molar-refractivity contribution < 1.29 is 33.0 Å². The van der Waals surface area contributed by atoms with Crippen LogP contribution in [0.3, 0.4) is 0 Å². The molecule has 3 rings (SSSR count). The van der Waals surface area contributed by atoms with Gasteiger partial charge in [-0.05, 0) is 36.6 Å². The zero-order valence-electron chi connectivity index (χ0n) is 27.5. The van der Waals surface area contributed by atoms with Crippen molar-refractivity contribution in [3.05, 3.63) is 53.0 Å². The van der Waals surface area contributed by atoms with E-state index in [1.54, 1.807) is 0 Å². The molecule has 2 N–H and O–H groups in total. The van der Waals surface area contributed by atoms with Gasteiger partial charge in [0, 0.05) is 28.8 Å². The SMILES string of the molecule is [2H]c1nc(NS(=O)(=O)NC([2H])([2H])C([2H])([2H])C)c(-c2ccc(Br)cc2)c(OC([2H])([2H])C([2H])([2H])Oc2nc([2H])c(C)c([2H])n2)n1. The molecule has 0 unspecified atom stereocenters. The van der Waals surface area contributed by atoms with E-state index in [9.17, 15) is 8.42 Å². The number of ether oxygens (including phenoxy) is 2. The summed E-state index contributed by atoms with van der Waals surface area (Å²) in [5, 5.41) is 0. The number of rotatable bonds is 11. The van der Waals surface area contributed by atoms with Crippen molar-refractivity contribution in [1.29, 1.82) is 0 Å². The molecule has 0 bridgehead atoms. The molecule has 0 spiro atoms. The molecule has 0 saturated heterocycles. The van der Waals surface area contributed by atoms with Crippen LogP contribution in [0.25, 0.3) is 11.1 Å². The molecule has 0 aliphatic rings. The summed E-state index contributed by atoms with van der Waals surface area (Å²) in [5.41, 5.74) is -0.286. The zero-order chi connectivity index (χ0) is 32.8. The third kappa shape index (κ3) is 6.84. The minimum atomic E-state index is -4.97. The van der Waals surface area contributed by atoms with Gasteiger partial charge in [-0.15, -0.1) is 0 Å². The Hall–Kier alpha value is -2.83. The summed E-state index contributed by atoms with van der Waals surface area (Å²) in [6, 6.07) is 4.93. The maximum Gasteiger partial charge on any atom is 0.316 e. The van der Waals surface area contributed by atoms with E-state index in [4.69, 9.17) is 24.6 Å². The molecule has 1 aromatic carbocycles. The minimum Gasteiger partial charge on any atom is -0.473 e. The Morgan fingerprint density at radius 2 is 1.78 bits per heavy atom. The number of benzene rings is 1. The Morgan fingerprint density at radius 1 is 1.09 bits per heavy atom. The number of halogens is 1. The molecular formula is C20H23BrN6O4S. The predicted molar refractivity (Wildman–Crippen MR) is 124 cm³/mol. The van der Waals surface area contributed by atoms with Crippen LogP contribution in [0.4, 0.5) is 5.82 Å². The molecule has 2 heterocycles. The van der Waals surface area contributed by atoms with E-state index in [1.165, 1.54) is 35.9 Å². The van der Waals surface area contributed by atoms with E-state index in [-0.39, 0.29) is 11.1 Å². The van der Waals surface area contributed by atoms with Crippen LogP contribution in [0.2, 0.25) is 0 Å². The minimum absolute atomic E-state index is 0.0582. The number of hydrogen-bond acceptors (Lipinski definition) is 8. The number of nitrogens with zero attached hydrogens (tertiary/aromatic N) is 4. The van der Waals surface area contributed by atoms with Crippen molar-refractivity contribution in [3.8, 4) is 23.0 Å². The van der Waals surface area contributed by atoms with Crippen LogP contribution in [-0.2, 0) is 10.2 Å². The third-order valence-electron chi connectivity index (χ3n) is 3.41. The standard InChI is InChI=1S/C20H23BrN6O4S/c1-3-8-26-32(28,29)27-18-17(15-4-6-16(21)7-5-15)19(25-13-24-18)30-9-10-31-20-22-11-14(2)12-23-20/h4-7,11-13,26H,3,8-10H2,1-2H3,(H,24,25,27)/i3D2,8D2,9D2,10D2,11D,12D,13D. The third-order valence-corrected chi connectivity index (χ3v) is 4.77. The van der Waals surface area contributed by atoms with E-state index >= 15 is 0 Å². The Balaban J connectivity index is 2.11. The van der Waals surface area contributed by atoms with Crippen molar-refractivity contribution in [3.63, 3.8) is 0 Å². The maximum atomic E-state index is 12.9. The van der Waals surface area contributed by atoms with Crippen LogP contribution in [0.1, 0.15) is 33.9 Å². The van der Waals surface area contributed by atoms with Gasteiger partial charge in [0.15, 0.2) is 5.82 Å². The lowest BCUT2D eigenvalue weighted by atomic mass is 10.1.